The number of aromatic nitrogens is 2. The van der Waals surface area contributed by atoms with Gasteiger partial charge in [0.1, 0.15) is 0 Å². The molecule has 0 aliphatic rings. The van der Waals surface area contributed by atoms with Gasteiger partial charge in [-0.15, -0.1) is 10.2 Å². The maximum atomic E-state index is 10.4. The van der Waals surface area contributed by atoms with E-state index in [1.807, 2.05) is 20.8 Å². The van der Waals surface area contributed by atoms with Crippen molar-refractivity contribution in [3.63, 3.8) is 0 Å². The van der Waals surface area contributed by atoms with E-state index in [0.717, 1.165) is 6.42 Å². The first kappa shape index (κ1) is 9.70. The molecule has 0 amide bonds. The van der Waals surface area contributed by atoms with Gasteiger partial charge >= 0.3 is 11.9 Å². The molecule has 0 spiro atoms. The Morgan fingerprint density at radius 2 is 2.15 bits per heavy atom. The van der Waals surface area contributed by atoms with Crippen LogP contribution in [0, 0.1) is 0 Å². The maximum absolute atomic E-state index is 10.4. The van der Waals surface area contributed by atoms with Crippen molar-refractivity contribution in [3.05, 3.63) is 11.8 Å². The number of rotatable bonds is 3. The first-order valence-corrected chi connectivity index (χ1v) is 4.04. The first-order chi connectivity index (χ1) is 5.97. The summed E-state index contributed by atoms with van der Waals surface area (Å²) >= 11 is 0. The number of nitrogens with zero attached hydrogens (tertiary/aromatic N) is 2. The fourth-order valence-electron chi connectivity index (χ4n) is 0.734. The van der Waals surface area contributed by atoms with Crippen LogP contribution in [0.2, 0.25) is 0 Å². The van der Waals surface area contributed by atoms with Gasteiger partial charge in [-0.05, 0) is 6.42 Å². The van der Waals surface area contributed by atoms with Crippen LogP contribution in [0.1, 0.15) is 43.8 Å². The largest absolute Gasteiger partial charge is 0.474 e. The van der Waals surface area contributed by atoms with Gasteiger partial charge in [-0.2, -0.15) is 0 Å². The molecular weight excluding hydrogens is 172 g/mol. The average molecular weight is 184 g/mol. The summed E-state index contributed by atoms with van der Waals surface area (Å²) in [7, 11) is 0. The van der Waals surface area contributed by atoms with E-state index in [4.69, 9.17) is 9.52 Å². The molecule has 1 heterocycles. The molecule has 5 nitrogen and oxygen atoms in total. The Morgan fingerprint density at radius 1 is 1.54 bits per heavy atom. The smallest absolute Gasteiger partial charge is 0.393 e. The Balaban J connectivity index is 2.98. The Kier molecular flexibility index (Phi) is 2.36. The third-order valence-corrected chi connectivity index (χ3v) is 2.07. The first-order valence-electron chi connectivity index (χ1n) is 4.04. The lowest BCUT2D eigenvalue weighted by Crippen LogP contribution is -2.15. The molecule has 1 rings (SSSR count). The summed E-state index contributed by atoms with van der Waals surface area (Å²) < 4.78 is 4.98. The molecule has 13 heavy (non-hydrogen) atoms. The van der Waals surface area contributed by atoms with E-state index in [2.05, 4.69) is 10.2 Å². The molecule has 0 atom stereocenters. The van der Waals surface area contributed by atoms with Gasteiger partial charge in [0.2, 0.25) is 5.89 Å². The predicted octanol–water partition coefficient (Wildman–Crippen LogP) is 1.46. The molecule has 0 aliphatic heterocycles. The van der Waals surface area contributed by atoms with Crippen molar-refractivity contribution in [1.82, 2.24) is 10.2 Å². The minimum absolute atomic E-state index is 0.263. The lowest BCUT2D eigenvalue weighted by atomic mass is 9.90. The number of hydrogen-bond donors (Lipinski definition) is 1. The number of aromatic carboxylic acids is 1. The van der Waals surface area contributed by atoms with E-state index < -0.39 is 5.97 Å². The van der Waals surface area contributed by atoms with E-state index in [0.29, 0.717) is 5.89 Å². The molecular formula is C8H12N2O3. The molecule has 1 aromatic rings. The average Bonchev–Trinajstić information content (AvgIpc) is 2.52. The minimum atomic E-state index is -1.19. The van der Waals surface area contributed by atoms with Gasteiger partial charge in [0.15, 0.2) is 0 Å². The lowest BCUT2D eigenvalue weighted by molar-refractivity contribution is 0.0649. The second kappa shape index (κ2) is 3.16. The molecule has 0 fully saturated rings. The van der Waals surface area contributed by atoms with E-state index in [9.17, 15) is 4.79 Å². The van der Waals surface area contributed by atoms with Crippen molar-refractivity contribution in [2.75, 3.05) is 0 Å². The van der Waals surface area contributed by atoms with Crippen LogP contribution in [0.25, 0.3) is 0 Å². The molecule has 5 heteroatoms. The molecule has 0 unspecified atom stereocenters. The van der Waals surface area contributed by atoms with Gasteiger partial charge in [-0.3, -0.25) is 0 Å². The molecule has 0 aromatic carbocycles. The van der Waals surface area contributed by atoms with Crippen molar-refractivity contribution in [2.24, 2.45) is 0 Å². The fraction of sp³-hybridized carbons (Fsp3) is 0.625. The number of hydrogen-bond acceptors (Lipinski definition) is 4. The third-order valence-electron chi connectivity index (χ3n) is 2.07. The van der Waals surface area contributed by atoms with Gasteiger partial charge in [-0.1, -0.05) is 20.8 Å². The highest BCUT2D eigenvalue weighted by molar-refractivity contribution is 5.81. The summed E-state index contributed by atoms with van der Waals surface area (Å²) in [5.41, 5.74) is -0.263. The molecule has 0 saturated carbocycles. The second-order valence-electron chi connectivity index (χ2n) is 3.45. The van der Waals surface area contributed by atoms with Crippen LogP contribution in [0.15, 0.2) is 4.42 Å². The van der Waals surface area contributed by atoms with Crippen molar-refractivity contribution < 1.29 is 14.3 Å². The number of carbonyl (C=O) groups is 1. The van der Waals surface area contributed by atoms with Crippen LogP contribution in [0.4, 0.5) is 0 Å². The van der Waals surface area contributed by atoms with Crippen LogP contribution >= 0.6 is 0 Å². The van der Waals surface area contributed by atoms with Crippen LogP contribution in [-0.4, -0.2) is 21.3 Å². The Bertz CT molecular complexity index is 317. The quantitative estimate of drug-likeness (QED) is 0.769. The number of carboxylic acids is 1. The molecule has 1 N–H and O–H groups in total. The minimum Gasteiger partial charge on any atom is -0.474 e. The summed E-state index contributed by atoms with van der Waals surface area (Å²) in [5.74, 6) is -1.17. The van der Waals surface area contributed by atoms with Gasteiger partial charge in [0.05, 0.1) is 0 Å². The van der Waals surface area contributed by atoms with Gasteiger partial charge in [0, 0.05) is 5.41 Å². The van der Waals surface area contributed by atoms with Crippen molar-refractivity contribution in [3.8, 4) is 0 Å². The summed E-state index contributed by atoms with van der Waals surface area (Å²) in [5, 5.41) is 15.6. The number of carboxylic acid groups (broad SMARTS) is 1. The van der Waals surface area contributed by atoms with Crippen LogP contribution in [0.5, 0.6) is 0 Å². The molecule has 1 aromatic heterocycles. The van der Waals surface area contributed by atoms with Crippen molar-refractivity contribution in [2.45, 2.75) is 32.6 Å². The Morgan fingerprint density at radius 3 is 2.54 bits per heavy atom. The summed E-state index contributed by atoms with van der Waals surface area (Å²) in [6.07, 6.45) is 0.814. The van der Waals surface area contributed by atoms with Gasteiger partial charge in [0.25, 0.3) is 0 Å². The van der Waals surface area contributed by atoms with Crippen LogP contribution in [-0.2, 0) is 5.41 Å². The molecule has 0 saturated heterocycles. The SMILES string of the molecule is CCC(C)(C)c1nnc(C(=O)O)o1. The van der Waals surface area contributed by atoms with Crippen LogP contribution in [0.3, 0.4) is 0 Å². The summed E-state index contributed by atoms with van der Waals surface area (Å²) in [4.78, 5) is 10.4. The Labute approximate surface area is 75.8 Å². The molecule has 0 aliphatic carbocycles. The van der Waals surface area contributed by atoms with Crippen LogP contribution < -0.4 is 0 Å². The summed E-state index contributed by atoms with van der Waals surface area (Å²) in [6, 6.07) is 0. The highest BCUT2D eigenvalue weighted by Crippen LogP contribution is 2.24. The Hall–Kier alpha value is -1.39. The normalized spacial score (nSPS) is 11.6. The van der Waals surface area contributed by atoms with Crippen molar-refractivity contribution >= 4 is 5.97 Å². The van der Waals surface area contributed by atoms with Gasteiger partial charge in [-0.25, -0.2) is 4.79 Å². The summed E-state index contributed by atoms with van der Waals surface area (Å²) in [6.45, 7) is 5.82. The molecule has 0 bridgehead atoms. The monoisotopic (exact) mass is 184 g/mol. The van der Waals surface area contributed by atoms with E-state index in [1.54, 1.807) is 0 Å². The fourth-order valence-corrected chi connectivity index (χ4v) is 0.734. The zero-order valence-electron chi connectivity index (χ0n) is 7.87. The predicted molar refractivity (Wildman–Crippen MR) is 44.6 cm³/mol. The van der Waals surface area contributed by atoms with E-state index in [1.165, 1.54) is 0 Å². The molecule has 0 radical (unpaired) electrons. The maximum Gasteiger partial charge on any atom is 0.393 e. The van der Waals surface area contributed by atoms with E-state index >= 15 is 0 Å². The highest BCUT2D eigenvalue weighted by Gasteiger charge is 2.26. The third kappa shape index (κ3) is 1.85. The lowest BCUT2D eigenvalue weighted by Gasteiger charge is -2.16. The van der Waals surface area contributed by atoms with E-state index in [-0.39, 0.29) is 11.3 Å². The second-order valence-corrected chi connectivity index (χ2v) is 3.45. The standard InChI is InChI=1S/C8H12N2O3/c1-4-8(2,3)7-10-9-5(13-7)6(11)12/h4H2,1-3H3,(H,11,12). The molecule has 72 valence electrons. The topological polar surface area (TPSA) is 76.2 Å². The highest BCUT2D eigenvalue weighted by atomic mass is 16.4. The van der Waals surface area contributed by atoms with Crippen molar-refractivity contribution in [1.29, 1.82) is 0 Å². The zero-order chi connectivity index (χ0) is 10.1. The zero-order valence-corrected chi connectivity index (χ0v) is 7.87. The van der Waals surface area contributed by atoms with Gasteiger partial charge < -0.3 is 9.52 Å².